The van der Waals surface area contributed by atoms with E-state index in [-0.39, 0.29) is 6.61 Å². The molecule has 0 aliphatic rings. The molecule has 0 fully saturated rings. The lowest BCUT2D eigenvalue weighted by molar-refractivity contribution is 0.0955. The van der Waals surface area contributed by atoms with Gasteiger partial charge in [0, 0.05) is 19.8 Å². The Balaban J connectivity index is 2.75. The monoisotopic (exact) mass is 132 g/mol. The molecule has 0 atom stereocenters. The van der Waals surface area contributed by atoms with E-state index in [2.05, 4.69) is 13.8 Å². The van der Waals surface area contributed by atoms with Crippen molar-refractivity contribution in [2.24, 2.45) is 5.92 Å². The second-order valence-corrected chi connectivity index (χ2v) is 2.55. The largest absolute Gasteiger partial charge is 0.396 e. The van der Waals surface area contributed by atoms with Crippen molar-refractivity contribution < 1.29 is 9.84 Å². The first-order chi connectivity index (χ1) is 4.27. The predicted octanol–water partition coefficient (Wildman–Crippen LogP) is 1.04. The number of aliphatic hydroxyl groups excluding tert-OH is 1. The minimum Gasteiger partial charge on any atom is -0.396 e. The molecular formula is C7H16O2. The Labute approximate surface area is 56.8 Å². The molecule has 1 N–H and O–H groups in total. The zero-order valence-corrected chi connectivity index (χ0v) is 6.26. The third kappa shape index (κ3) is 7.92. The number of hydrogen-bond donors (Lipinski definition) is 1. The molecule has 0 saturated carbocycles. The van der Waals surface area contributed by atoms with Crippen LogP contribution in [0.2, 0.25) is 0 Å². The Morgan fingerprint density at radius 2 is 2.11 bits per heavy atom. The van der Waals surface area contributed by atoms with Crippen molar-refractivity contribution in [2.75, 3.05) is 19.8 Å². The van der Waals surface area contributed by atoms with Gasteiger partial charge in [0.15, 0.2) is 0 Å². The van der Waals surface area contributed by atoms with Gasteiger partial charge in [-0.25, -0.2) is 0 Å². The molecule has 0 aromatic carbocycles. The van der Waals surface area contributed by atoms with Crippen LogP contribution in [0, 0.1) is 5.92 Å². The molecule has 0 aliphatic carbocycles. The van der Waals surface area contributed by atoms with Crippen LogP contribution in [0.4, 0.5) is 0 Å². The van der Waals surface area contributed by atoms with E-state index >= 15 is 0 Å². The van der Waals surface area contributed by atoms with Gasteiger partial charge in [-0.2, -0.15) is 0 Å². The Morgan fingerprint density at radius 3 is 2.56 bits per heavy atom. The van der Waals surface area contributed by atoms with E-state index < -0.39 is 0 Å². The summed E-state index contributed by atoms with van der Waals surface area (Å²) < 4.78 is 5.18. The van der Waals surface area contributed by atoms with Crippen molar-refractivity contribution in [1.29, 1.82) is 0 Å². The molecule has 0 radical (unpaired) electrons. The van der Waals surface area contributed by atoms with Gasteiger partial charge in [0.2, 0.25) is 0 Å². The molecule has 0 spiro atoms. The Morgan fingerprint density at radius 1 is 1.44 bits per heavy atom. The predicted molar refractivity (Wildman–Crippen MR) is 37.4 cm³/mol. The third-order valence-electron chi connectivity index (χ3n) is 0.898. The molecule has 0 saturated heterocycles. The van der Waals surface area contributed by atoms with Crippen molar-refractivity contribution >= 4 is 0 Å². The summed E-state index contributed by atoms with van der Waals surface area (Å²) in [4.78, 5) is 0. The first-order valence-electron chi connectivity index (χ1n) is 3.46. The normalized spacial score (nSPS) is 10.7. The summed E-state index contributed by atoms with van der Waals surface area (Å²) in [5, 5.41) is 8.35. The summed E-state index contributed by atoms with van der Waals surface area (Å²) in [5.41, 5.74) is 0. The van der Waals surface area contributed by atoms with Crippen molar-refractivity contribution in [3.05, 3.63) is 0 Å². The van der Waals surface area contributed by atoms with Crippen molar-refractivity contribution in [2.45, 2.75) is 20.3 Å². The molecule has 0 aromatic heterocycles. The molecule has 0 amide bonds. The van der Waals surface area contributed by atoms with E-state index in [4.69, 9.17) is 9.84 Å². The Bertz CT molecular complexity index is 52.9. The standard InChI is InChI=1S/C7H16O2/c1-7(2)6-9-5-3-4-8/h7-8H,3-6H2,1-2H3. The molecule has 0 aromatic rings. The minimum absolute atomic E-state index is 0.234. The van der Waals surface area contributed by atoms with Gasteiger partial charge in [-0.05, 0) is 12.3 Å². The first-order valence-corrected chi connectivity index (χ1v) is 3.46. The first kappa shape index (κ1) is 8.92. The van der Waals surface area contributed by atoms with Crippen LogP contribution in [-0.2, 0) is 4.74 Å². The fourth-order valence-electron chi connectivity index (χ4n) is 0.486. The van der Waals surface area contributed by atoms with Crippen molar-refractivity contribution in [3.8, 4) is 0 Å². The lowest BCUT2D eigenvalue weighted by Crippen LogP contribution is -2.03. The lowest BCUT2D eigenvalue weighted by atomic mass is 10.2. The molecule has 0 unspecified atom stereocenters. The second kappa shape index (κ2) is 6.05. The zero-order valence-electron chi connectivity index (χ0n) is 6.26. The summed E-state index contributed by atoms with van der Waals surface area (Å²) in [6.07, 6.45) is 0.757. The highest BCUT2D eigenvalue weighted by atomic mass is 16.5. The van der Waals surface area contributed by atoms with Crippen LogP contribution in [0.15, 0.2) is 0 Å². The summed E-state index contributed by atoms with van der Waals surface area (Å²) in [6, 6.07) is 0. The van der Waals surface area contributed by atoms with E-state index in [0.29, 0.717) is 12.5 Å². The highest BCUT2D eigenvalue weighted by Gasteiger charge is 1.91. The fourth-order valence-corrected chi connectivity index (χ4v) is 0.486. The van der Waals surface area contributed by atoms with Crippen LogP contribution in [0.1, 0.15) is 20.3 Å². The summed E-state index contributed by atoms with van der Waals surface area (Å²) in [6.45, 7) is 5.95. The van der Waals surface area contributed by atoms with Gasteiger partial charge >= 0.3 is 0 Å². The number of hydrogen-bond acceptors (Lipinski definition) is 2. The van der Waals surface area contributed by atoms with Crippen LogP contribution in [0.5, 0.6) is 0 Å². The smallest absolute Gasteiger partial charge is 0.0489 e. The molecule has 2 heteroatoms. The van der Waals surface area contributed by atoms with Crippen LogP contribution in [0.3, 0.4) is 0 Å². The van der Waals surface area contributed by atoms with Gasteiger partial charge in [0.25, 0.3) is 0 Å². The van der Waals surface area contributed by atoms with E-state index in [9.17, 15) is 0 Å². The molecule has 2 nitrogen and oxygen atoms in total. The van der Waals surface area contributed by atoms with Gasteiger partial charge in [-0.3, -0.25) is 0 Å². The zero-order chi connectivity index (χ0) is 7.11. The van der Waals surface area contributed by atoms with Gasteiger partial charge in [-0.1, -0.05) is 13.8 Å². The molecule has 0 bridgehead atoms. The minimum atomic E-state index is 0.234. The molecule has 0 rings (SSSR count). The van der Waals surface area contributed by atoms with Gasteiger partial charge in [-0.15, -0.1) is 0 Å². The molecule has 0 aliphatic heterocycles. The average molecular weight is 132 g/mol. The van der Waals surface area contributed by atoms with Crippen LogP contribution >= 0.6 is 0 Å². The van der Waals surface area contributed by atoms with E-state index in [1.807, 2.05) is 0 Å². The van der Waals surface area contributed by atoms with E-state index in [1.165, 1.54) is 0 Å². The quantitative estimate of drug-likeness (QED) is 0.566. The highest BCUT2D eigenvalue weighted by molar-refractivity contribution is 4.39. The van der Waals surface area contributed by atoms with Crippen LogP contribution < -0.4 is 0 Å². The Kier molecular flexibility index (Phi) is 5.99. The maximum absolute atomic E-state index is 8.35. The molecule has 56 valence electrons. The summed E-state index contributed by atoms with van der Waals surface area (Å²) in [5.74, 6) is 0.601. The van der Waals surface area contributed by atoms with Crippen LogP contribution in [0.25, 0.3) is 0 Å². The SMILES string of the molecule is CC(C)COCCCO. The highest BCUT2D eigenvalue weighted by Crippen LogP contribution is 1.92. The summed E-state index contributed by atoms with van der Waals surface area (Å²) >= 11 is 0. The van der Waals surface area contributed by atoms with E-state index in [0.717, 1.165) is 13.0 Å². The lowest BCUT2D eigenvalue weighted by Gasteiger charge is -2.04. The van der Waals surface area contributed by atoms with Gasteiger partial charge in [0.05, 0.1) is 0 Å². The van der Waals surface area contributed by atoms with Crippen LogP contribution in [-0.4, -0.2) is 24.9 Å². The maximum atomic E-state index is 8.35. The number of ether oxygens (including phenoxy) is 1. The summed E-state index contributed by atoms with van der Waals surface area (Å²) in [7, 11) is 0. The molecular weight excluding hydrogens is 116 g/mol. The fraction of sp³-hybridized carbons (Fsp3) is 1.00. The van der Waals surface area contributed by atoms with Crippen molar-refractivity contribution in [3.63, 3.8) is 0 Å². The molecule has 0 heterocycles. The maximum Gasteiger partial charge on any atom is 0.0489 e. The topological polar surface area (TPSA) is 29.5 Å². The number of rotatable bonds is 5. The van der Waals surface area contributed by atoms with Gasteiger partial charge in [0.1, 0.15) is 0 Å². The van der Waals surface area contributed by atoms with E-state index in [1.54, 1.807) is 0 Å². The molecule has 9 heavy (non-hydrogen) atoms. The number of aliphatic hydroxyl groups is 1. The van der Waals surface area contributed by atoms with Gasteiger partial charge < -0.3 is 9.84 Å². The second-order valence-electron chi connectivity index (χ2n) is 2.55. The Hall–Kier alpha value is -0.0800. The average Bonchev–Trinajstić information content (AvgIpc) is 1.80. The van der Waals surface area contributed by atoms with Crippen molar-refractivity contribution in [1.82, 2.24) is 0 Å². The third-order valence-corrected chi connectivity index (χ3v) is 0.898.